The van der Waals surface area contributed by atoms with Crippen molar-refractivity contribution < 1.29 is 29.0 Å². The second kappa shape index (κ2) is 15.9. The second-order valence-corrected chi connectivity index (χ2v) is 12.0. The van der Waals surface area contributed by atoms with Gasteiger partial charge in [-0.3, -0.25) is 9.59 Å². The number of nitrogens with zero attached hydrogens (tertiary/aromatic N) is 2. The Balaban J connectivity index is 1.19. The lowest BCUT2D eigenvalue weighted by Crippen LogP contribution is -2.48. The van der Waals surface area contributed by atoms with Crippen molar-refractivity contribution in [3.63, 3.8) is 0 Å². The maximum Gasteiger partial charge on any atom is 0.408 e. The van der Waals surface area contributed by atoms with Gasteiger partial charge in [0.25, 0.3) is 5.91 Å². The monoisotopic (exact) mass is 639 g/mol. The Bertz CT molecular complexity index is 1630. The van der Waals surface area contributed by atoms with Gasteiger partial charge >= 0.3 is 12.1 Å². The molecule has 3 aromatic carbocycles. The van der Waals surface area contributed by atoms with E-state index in [9.17, 15) is 24.3 Å². The highest BCUT2D eigenvalue weighted by atomic mass is 16.5. The van der Waals surface area contributed by atoms with Gasteiger partial charge in [0, 0.05) is 25.1 Å². The number of alkyl carbamates (subject to hydrolysis) is 1. The first-order valence-electron chi connectivity index (χ1n) is 16.1. The predicted molar refractivity (Wildman–Crippen MR) is 176 cm³/mol. The van der Waals surface area contributed by atoms with E-state index in [4.69, 9.17) is 9.72 Å². The van der Waals surface area contributed by atoms with Crippen LogP contribution in [0.2, 0.25) is 0 Å². The third kappa shape index (κ3) is 9.18. The zero-order chi connectivity index (χ0) is 33.2. The molecule has 0 bridgehead atoms. The molecule has 1 fully saturated rings. The first-order chi connectivity index (χ1) is 22.8. The first-order valence-corrected chi connectivity index (χ1v) is 16.1. The van der Waals surface area contributed by atoms with E-state index in [0.717, 1.165) is 28.6 Å². The summed E-state index contributed by atoms with van der Waals surface area (Å²) >= 11 is 0. The second-order valence-electron chi connectivity index (χ2n) is 12.0. The molecule has 1 saturated carbocycles. The highest BCUT2D eigenvalue weighted by molar-refractivity contribution is 5.94. The van der Waals surface area contributed by atoms with Crippen LogP contribution in [0.15, 0.2) is 78.9 Å². The van der Waals surface area contributed by atoms with Crippen molar-refractivity contribution in [1.29, 1.82) is 0 Å². The number of aromatic amines is 1. The number of para-hydroxylation sites is 2. The van der Waals surface area contributed by atoms with Gasteiger partial charge in [0.05, 0.1) is 17.1 Å². The number of ether oxygens (including phenoxy) is 1. The van der Waals surface area contributed by atoms with Crippen molar-refractivity contribution >= 4 is 34.9 Å². The Morgan fingerprint density at radius 2 is 1.66 bits per heavy atom. The lowest BCUT2D eigenvalue weighted by Gasteiger charge is -2.29. The van der Waals surface area contributed by atoms with Crippen LogP contribution in [0.5, 0.6) is 0 Å². The number of H-pyrrole nitrogens is 1. The molecule has 47 heavy (non-hydrogen) atoms. The Kier molecular flexibility index (Phi) is 11.2. The van der Waals surface area contributed by atoms with Crippen molar-refractivity contribution in [3.05, 3.63) is 101 Å². The molecule has 1 aliphatic rings. The Morgan fingerprint density at radius 1 is 0.957 bits per heavy atom. The van der Waals surface area contributed by atoms with E-state index >= 15 is 0 Å². The predicted octanol–water partition coefficient (Wildman–Crippen LogP) is 5.73. The van der Waals surface area contributed by atoms with Crippen molar-refractivity contribution in [1.82, 2.24) is 25.5 Å². The van der Waals surface area contributed by atoms with E-state index < -0.39 is 24.0 Å². The summed E-state index contributed by atoms with van der Waals surface area (Å²) < 4.78 is 5.10. The summed E-state index contributed by atoms with van der Waals surface area (Å²) in [5, 5.41) is 14.4. The zero-order valence-corrected chi connectivity index (χ0v) is 26.5. The molecule has 5 rings (SSSR count). The quantitative estimate of drug-likeness (QED) is 0.137. The number of hydrogen-bond acceptors (Lipinski definition) is 6. The molecule has 0 radical (unpaired) electrons. The Morgan fingerprint density at radius 3 is 2.36 bits per heavy atom. The first kappa shape index (κ1) is 33.2. The molecule has 11 nitrogen and oxygen atoms in total. The summed E-state index contributed by atoms with van der Waals surface area (Å²) in [6.07, 6.45) is 5.25. The minimum absolute atomic E-state index is 0.0156. The molecule has 4 N–H and O–H groups in total. The number of amides is 3. The molecule has 2 atom stereocenters. The summed E-state index contributed by atoms with van der Waals surface area (Å²) in [6.45, 7) is 1.95. The molecular formula is C36H41N5O6. The molecule has 1 aromatic heterocycles. The van der Waals surface area contributed by atoms with Gasteiger partial charge in [0.15, 0.2) is 0 Å². The number of fused-ring (bicyclic) bond motifs is 1. The number of benzene rings is 3. The normalized spacial score (nSPS) is 14.3. The van der Waals surface area contributed by atoms with Crippen LogP contribution >= 0.6 is 0 Å². The fourth-order valence-electron chi connectivity index (χ4n) is 5.89. The van der Waals surface area contributed by atoms with E-state index in [1.165, 1.54) is 25.7 Å². The molecule has 246 valence electrons. The van der Waals surface area contributed by atoms with Crippen LogP contribution in [0.25, 0.3) is 11.0 Å². The van der Waals surface area contributed by atoms with E-state index in [0.29, 0.717) is 30.3 Å². The van der Waals surface area contributed by atoms with Gasteiger partial charge in [-0.2, -0.15) is 0 Å². The molecule has 3 amide bonds. The highest BCUT2D eigenvalue weighted by Gasteiger charge is 2.26. The van der Waals surface area contributed by atoms with Gasteiger partial charge in [-0.05, 0) is 54.7 Å². The Labute approximate surface area is 273 Å². The van der Waals surface area contributed by atoms with Crippen LogP contribution in [0.1, 0.15) is 78.8 Å². The minimum Gasteiger partial charge on any atom is -0.480 e. The zero-order valence-electron chi connectivity index (χ0n) is 26.5. The number of aliphatic carboxylic acids is 1. The maximum absolute atomic E-state index is 13.6. The third-order valence-corrected chi connectivity index (χ3v) is 8.67. The molecule has 0 saturated heterocycles. The van der Waals surface area contributed by atoms with Crippen LogP contribution in [0.4, 0.5) is 4.79 Å². The van der Waals surface area contributed by atoms with E-state index in [2.05, 4.69) is 15.6 Å². The lowest BCUT2D eigenvalue weighted by molar-refractivity contribution is -0.139. The summed E-state index contributed by atoms with van der Waals surface area (Å²) in [5.41, 5.74) is 3.66. The molecule has 4 aromatic rings. The van der Waals surface area contributed by atoms with E-state index in [-0.39, 0.29) is 25.1 Å². The summed E-state index contributed by atoms with van der Waals surface area (Å²) in [4.78, 5) is 60.3. The van der Waals surface area contributed by atoms with Crippen LogP contribution in [-0.2, 0) is 27.5 Å². The fourth-order valence-corrected chi connectivity index (χ4v) is 5.89. The molecule has 1 heterocycles. The number of carbonyl (C=O) groups is 4. The summed E-state index contributed by atoms with van der Waals surface area (Å²) in [5.74, 6) is -0.449. The minimum atomic E-state index is -1.38. The number of aromatic nitrogens is 2. The topological polar surface area (TPSA) is 154 Å². The summed E-state index contributed by atoms with van der Waals surface area (Å²) in [7, 11) is 0. The van der Waals surface area contributed by atoms with Gasteiger partial charge in [-0.25, -0.2) is 14.6 Å². The van der Waals surface area contributed by atoms with E-state index in [1.54, 1.807) is 48.5 Å². The number of rotatable bonds is 14. The van der Waals surface area contributed by atoms with Gasteiger partial charge in [0.2, 0.25) is 5.91 Å². The number of carbonyl (C=O) groups excluding carboxylic acids is 3. The number of carboxylic acid groups (broad SMARTS) is 1. The average molecular weight is 640 g/mol. The fraction of sp³-hybridized carbons (Fsp3) is 0.361. The molecular weight excluding hydrogens is 598 g/mol. The number of nitrogens with one attached hydrogen (secondary N) is 3. The van der Waals surface area contributed by atoms with Gasteiger partial charge in [-0.15, -0.1) is 0 Å². The Hall–Kier alpha value is -5.19. The van der Waals surface area contributed by atoms with Gasteiger partial charge in [0.1, 0.15) is 18.5 Å². The number of hydrogen-bond donors (Lipinski definition) is 4. The maximum atomic E-state index is 13.6. The largest absolute Gasteiger partial charge is 0.480 e. The summed E-state index contributed by atoms with van der Waals surface area (Å²) in [6, 6.07) is 21.9. The van der Waals surface area contributed by atoms with Crippen molar-refractivity contribution in [2.24, 2.45) is 5.92 Å². The number of carboxylic acids is 1. The lowest BCUT2D eigenvalue weighted by atomic mass is 10.0. The van der Waals surface area contributed by atoms with Crippen molar-refractivity contribution in [2.75, 3.05) is 6.54 Å². The molecule has 0 aliphatic heterocycles. The van der Waals surface area contributed by atoms with Crippen LogP contribution in [0, 0.1) is 5.92 Å². The standard InChI is InChI=1S/C36H41N5O6/c1-24(33-38-29-13-7-8-14-30(29)39-33)41(32(42)20-17-25-9-5-6-10-25)22-26-15-18-28(19-16-26)34(43)37-21-31(35(44)45)40-36(46)47-23-27-11-3-2-4-12-27/h2-4,7-8,11-16,18-19,24-25,31H,5-6,9-10,17,20-23H2,1H3,(H,37,43)(H,38,39)(H,40,46)(H,44,45). The SMILES string of the molecule is CC(c1nc2ccccc2[nH]1)N(Cc1ccc(C(=O)NCC(NC(=O)OCc2ccccc2)C(=O)O)cc1)C(=O)CCC1CCCC1. The number of imidazole rings is 1. The van der Waals surface area contributed by atoms with Crippen molar-refractivity contribution in [3.8, 4) is 0 Å². The molecule has 0 spiro atoms. The van der Waals surface area contributed by atoms with Crippen molar-refractivity contribution in [2.45, 2.75) is 70.7 Å². The van der Waals surface area contributed by atoms with E-state index in [1.807, 2.05) is 42.2 Å². The van der Waals surface area contributed by atoms with Crippen LogP contribution in [0.3, 0.4) is 0 Å². The third-order valence-electron chi connectivity index (χ3n) is 8.67. The molecule has 1 aliphatic carbocycles. The molecule has 2 unspecified atom stereocenters. The highest BCUT2D eigenvalue weighted by Crippen LogP contribution is 2.30. The van der Waals surface area contributed by atoms with Crippen LogP contribution in [-0.4, -0.2) is 56.4 Å². The van der Waals surface area contributed by atoms with Crippen LogP contribution < -0.4 is 10.6 Å². The average Bonchev–Trinajstić information content (AvgIpc) is 3.78. The smallest absolute Gasteiger partial charge is 0.408 e. The molecule has 11 heteroatoms. The van der Waals surface area contributed by atoms with Gasteiger partial charge in [-0.1, -0.05) is 80.3 Å². The van der Waals surface area contributed by atoms with Gasteiger partial charge < -0.3 is 30.4 Å².